The molecule has 5 heteroatoms. The number of hydrogen-bond acceptors (Lipinski definition) is 4. The second kappa shape index (κ2) is 4.25. The minimum atomic E-state index is -3.17. The van der Waals surface area contributed by atoms with Gasteiger partial charge in [-0.3, -0.25) is 0 Å². The molecule has 0 saturated heterocycles. The molecule has 0 amide bonds. The number of aliphatic hydroxyl groups is 1. The van der Waals surface area contributed by atoms with E-state index in [2.05, 4.69) is 0 Å². The van der Waals surface area contributed by atoms with Crippen LogP contribution in [-0.2, 0) is 9.84 Å². The maximum atomic E-state index is 10.7. The molecular formula is C5H9NO3S. The molecule has 0 aliphatic rings. The van der Waals surface area contributed by atoms with Crippen molar-refractivity contribution in [3.8, 4) is 6.07 Å². The van der Waals surface area contributed by atoms with E-state index >= 15 is 0 Å². The molecule has 1 N–H and O–H groups in total. The molecule has 0 aliphatic carbocycles. The number of hydrogen-bond donors (Lipinski definition) is 1. The number of rotatable bonds is 4. The zero-order chi connectivity index (χ0) is 8.04. The van der Waals surface area contributed by atoms with Crippen molar-refractivity contribution < 1.29 is 13.5 Å². The van der Waals surface area contributed by atoms with Gasteiger partial charge in [0.15, 0.2) is 9.84 Å². The van der Waals surface area contributed by atoms with Crippen molar-refractivity contribution >= 4 is 9.84 Å². The fourth-order valence-corrected chi connectivity index (χ4v) is 1.33. The molecule has 0 fully saturated rings. The normalized spacial score (nSPS) is 10.8. The van der Waals surface area contributed by atoms with E-state index in [1.54, 1.807) is 6.07 Å². The van der Waals surface area contributed by atoms with Gasteiger partial charge in [0.2, 0.25) is 0 Å². The van der Waals surface area contributed by atoms with Crippen LogP contribution in [0.4, 0.5) is 0 Å². The Morgan fingerprint density at radius 2 is 2.00 bits per heavy atom. The van der Waals surface area contributed by atoms with Crippen molar-refractivity contribution in [1.29, 1.82) is 5.26 Å². The van der Waals surface area contributed by atoms with E-state index in [4.69, 9.17) is 10.4 Å². The van der Waals surface area contributed by atoms with Crippen LogP contribution in [0, 0.1) is 11.3 Å². The van der Waals surface area contributed by atoms with Crippen LogP contribution in [0.25, 0.3) is 0 Å². The lowest BCUT2D eigenvalue weighted by atomic mass is 10.6. The highest BCUT2D eigenvalue weighted by atomic mass is 32.2. The fraction of sp³-hybridized carbons (Fsp3) is 0.800. The zero-order valence-electron chi connectivity index (χ0n) is 5.45. The summed E-state index contributed by atoms with van der Waals surface area (Å²) in [4.78, 5) is 0. The first kappa shape index (κ1) is 9.40. The van der Waals surface area contributed by atoms with Crippen molar-refractivity contribution in [2.24, 2.45) is 0 Å². The van der Waals surface area contributed by atoms with Crippen molar-refractivity contribution in [3.05, 3.63) is 0 Å². The highest BCUT2D eigenvalue weighted by Gasteiger charge is 2.07. The quantitative estimate of drug-likeness (QED) is 0.594. The van der Waals surface area contributed by atoms with Gasteiger partial charge < -0.3 is 5.11 Å². The predicted molar refractivity (Wildman–Crippen MR) is 36.0 cm³/mol. The zero-order valence-corrected chi connectivity index (χ0v) is 6.26. The summed E-state index contributed by atoms with van der Waals surface area (Å²) in [6.07, 6.45) is 0.00231. The molecule has 0 rings (SSSR count). The Labute approximate surface area is 60.0 Å². The van der Waals surface area contributed by atoms with Gasteiger partial charge in [0, 0.05) is 6.42 Å². The van der Waals surface area contributed by atoms with Crippen LogP contribution < -0.4 is 0 Å². The Bertz CT molecular complexity index is 214. The summed E-state index contributed by atoms with van der Waals surface area (Å²) in [6, 6.07) is 1.72. The standard InChI is InChI=1S/C5H9NO3S/c6-2-1-4-10(8,9)5-3-7/h7H,1,3-5H2. The maximum absolute atomic E-state index is 10.7. The summed E-state index contributed by atoms with van der Waals surface area (Å²) >= 11 is 0. The highest BCUT2D eigenvalue weighted by Crippen LogP contribution is 1.91. The summed E-state index contributed by atoms with van der Waals surface area (Å²) in [5, 5.41) is 16.3. The lowest BCUT2D eigenvalue weighted by Crippen LogP contribution is -2.13. The van der Waals surface area contributed by atoms with E-state index in [0.29, 0.717) is 0 Å². The van der Waals surface area contributed by atoms with E-state index in [-0.39, 0.29) is 24.5 Å². The summed E-state index contributed by atoms with van der Waals surface area (Å²) in [6.45, 7) is -0.367. The van der Waals surface area contributed by atoms with Gasteiger partial charge in [-0.2, -0.15) is 5.26 Å². The van der Waals surface area contributed by atoms with Crippen LogP contribution in [-0.4, -0.2) is 31.6 Å². The van der Waals surface area contributed by atoms with Gasteiger partial charge in [0.1, 0.15) is 0 Å². The average Bonchev–Trinajstić information content (AvgIpc) is 1.84. The van der Waals surface area contributed by atoms with Gasteiger partial charge >= 0.3 is 0 Å². The second-order valence-corrected chi connectivity index (χ2v) is 4.09. The summed E-state index contributed by atoms with van der Waals surface area (Å²) < 4.78 is 21.4. The molecule has 0 spiro atoms. The minimum Gasteiger partial charge on any atom is -0.395 e. The smallest absolute Gasteiger partial charge is 0.153 e. The topological polar surface area (TPSA) is 78.2 Å². The van der Waals surface area contributed by atoms with Crippen LogP contribution in [0.3, 0.4) is 0 Å². The molecule has 0 heterocycles. The molecule has 0 aromatic rings. The van der Waals surface area contributed by atoms with Crippen molar-refractivity contribution in [3.63, 3.8) is 0 Å². The molecule has 0 radical (unpaired) electrons. The van der Waals surface area contributed by atoms with E-state index in [9.17, 15) is 8.42 Å². The number of aliphatic hydroxyl groups excluding tert-OH is 1. The first-order valence-electron chi connectivity index (χ1n) is 2.80. The molecule has 0 unspecified atom stereocenters. The first-order valence-corrected chi connectivity index (χ1v) is 4.63. The second-order valence-electron chi connectivity index (χ2n) is 1.78. The van der Waals surface area contributed by atoms with Crippen molar-refractivity contribution in [1.82, 2.24) is 0 Å². The third-order valence-corrected chi connectivity index (χ3v) is 2.56. The Morgan fingerprint density at radius 3 is 2.40 bits per heavy atom. The summed E-state index contributed by atoms with van der Waals surface area (Å²) in [7, 11) is -3.17. The third kappa shape index (κ3) is 4.30. The van der Waals surface area contributed by atoms with E-state index in [1.807, 2.05) is 0 Å². The van der Waals surface area contributed by atoms with Crippen LogP contribution in [0.15, 0.2) is 0 Å². The molecule has 0 bridgehead atoms. The van der Waals surface area contributed by atoms with Crippen LogP contribution in [0.1, 0.15) is 6.42 Å². The fourth-order valence-electron chi connectivity index (χ4n) is 0.442. The van der Waals surface area contributed by atoms with Gasteiger partial charge in [-0.15, -0.1) is 0 Å². The Balaban J connectivity index is 3.80. The number of nitrogens with zero attached hydrogens (tertiary/aromatic N) is 1. The average molecular weight is 163 g/mol. The molecule has 0 aromatic carbocycles. The van der Waals surface area contributed by atoms with Gasteiger partial charge in [-0.1, -0.05) is 0 Å². The van der Waals surface area contributed by atoms with Gasteiger partial charge in [-0.25, -0.2) is 8.42 Å². The number of sulfone groups is 1. The lowest BCUT2D eigenvalue weighted by molar-refractivity contribution is 0.319. The van der Waals surface area contributed by atoms with Gasteiger partial charge in [-0.05, 0) is 0 Å². The largest absolute Gasteiger partial charge is 0.395 e. The van der Waals surface area contributed by atoms with Gasteiger partial charge in [0.05, 0.1) is 24.2 Å². The highest BCUT2D eigenvalue weighted by molar-refractivity contribution is 7.91. The molecule has 0 saturated carbocycles. The summed E-state index contributed by atoms with van der Waals surface area (Å²) in [5.41, 5.74) is 0. The van der Waals surface area contributed by atoms with Crippen molar-refractivity contribution in [2.45, 2.75) is 6.42 Å². The molecule has 0 atom stereocenters. The Kier molecular flexibility index (Phi) is 4.00. The van der Waals surface area contributed by atoms with Crippen LogP contribution in [0.5, 0.6) is 0 Å². The molecule has 10 heavy (non-hydrogen) atoms. The maximum Gasteiger partial charge on any atom is 0.153 e. The van der Waals surface area contributed by atoms with Crippen molar-refractivity contribution in [2.75, 3.05) is 18.1 Å². The Morgan fingerprint density at radius 1 is 1.40 bits per heavy atom. The predicted octanol–water partition coefficient (Wildman–Crippen LogP) is -0.693. The van der Waals surface area contributed by atoms with Gasteiger partial charge in [0.25, 0.3) is 0 Å². The lowest BCUT2D eigenvalue weighted by Gasteiger charge is -1.95. The SMILES string of the molecule is N#CCCS(=O)(=O)CCO. The van der Waals surface area contributed by atoms with Crippen LogP contribution >= 0.6 is 0 Å². The molecule has 0 aromatic heterocycles. The Hall–Kier alpha value is -0.600. The molecule has 58 valence electrons. The monoisotopic (exact) mass is 163 g/mol. The molecular weight excluding hydrogens is 154 g/mol. The molecule has 0 aliphatic heterocycles. The van der Waals surface area contributed by atoms with E-state index < -0.39 is 9.84 Å². The van der Waals surface area contributed by atoms with E-state index in [0.717, 1.165) is 0 Å². The van der Waals surface area contributed by atoms with E-state index in [1.165, 1.54) is 0 Å². The summed E-state index contributed by atoms with van der Waals surface area (Å²) in [5.74, 6) is -0.390. The molecule has 4 nitrogen and oxygen atoms in total. The van der Waals surface area contributed by atoms with Crippen LogP contribution in [0.2, 0.25) is 0 Å². The number of nitriles is 1. The third-order valence-electron chi connectivity index (χ3n) is 0.927. The first-order chi connectivity index (χ1) is 4.62. The minimum absolute atomic E-state index is 0.00231.